The van der Waals surface area contributed by atoms with E-state index in [1.807, 2.05) is 0 Å². The smallest absolute Gasteiger partial charge is 0.261 e. The highest BCUT2D eigenvalue weighted by atomic mass is 32.2. The average molecular weight is 410 g/mol. The third-order valence-corrected chi connectivity index (χ3v) is 5.43. The lowest BCUT2D eigenvalue weighted by atomic mass is 10.1. The number of carbonyl (C=O) groups excluding carboxylic acids is 1. The van der Waals surface area contributed by atoms with Crippen LogP contribution in [-0.2, 0) is 21.2 Å². The van der Waals surface area contributed by atoms with E-state index in [1.54, 1.807) is 30.3 Å². The van der Waals surface area contributed by atoms with Gasteiger partial charge in [0.1, 0.15) is 11.8 Å². The number of carbonyl (C=O) groups is 1. The Bertz CT molecular complexity index is 844. The van der Waals surface area contributed by atoms with E-state index in [-0.39, 0.29) is 11.3 Å². The number of ether oxygens (including phenoxy) is 1. The molecule has 0 aliphatic carbocycles. The predicted molar refractivity (Wildman–Crippen MR) is 101 cm³/mol. The fourth-order valence-electron chi connectivity index (χ4n) is 2.47. The molecule has 7 nitrogen and oxygen atoms in total. The van der Waals surface area contributed by atoms with Gasteiger partial charge in [0.05, 0.1) is 18.2 Å². The molecular formula is C19H23FN2O5S. The second-order valence-corrected chi connectivity index (χ2v) is 7.77. The number of hydrogen-bond acceptors (Lipinski definition) is 5. The van der Waals surface area contributed by atoms with Gasteiger partial charge < -0.3 is 4.74 Å². The van der Waals surface area contributed by atoms with Crippen molar-refractivity contribution in [2.75, 3.05) is 13.3 Å². The van der Waals surface area contributed by atoms with Gasteiger partial charge in [-0.25, -0.2) is 13.9 Å². The molecule has 0 radical (unpaired) electrons. The summed E-state index contributed by atoms with van der Waals surface area (Å²) in [5.74, 6) is -0.396. The maximum absolute atomic E-state index is 12.6. The number of hydroxylamine groups is 1. The number of sulfonamides is 1. The fraction of sp³-hybridized carbons (Fsp3) is 0.316. The van der Waals surface area contributed by atoms with E-state index in [0.29, 0.717) is 25.2 Å². The van der Waals surface area contributed by atoms with Gasteiger partial charge in [0.15, 0.2) is 0 Å². The van der Waals surface area contributed by atoms with Crippen molar-refractivity contribution in [1.29, 1.82) is 0 Å². The molecule has 9 heteroatoms. The summed E-state index contributed by atoms with van der Waals surface area (Å²) >= 11 is 0. The Morgan fingerprint density at radius 3 is 2.36 bits per heavy atom. The molecule has 0 saturated carbocycles. The van der Waals surface area contributed by atoms with Crippen LogP contribution in [0.15, 0.2) is 59.5 Å². The Kier molecular flexibility index (Phi) is 8.37. The molecule has 0 bridgehead atoms. The summed E-state index contributed by atoms with van der Waals surface area (Å²) in [5, 5.41) is 8.93. The van der Waals surface area contributed by atoms with Gasteiger partial charge in [-0.15, -0.1) is 0 Å². The predicted octanol–water partition coefficient (Wildman–Crippen LogP) is 2.21. The van der Waals surface area contributed by atoms with Gasteiger partial charge in [0.2, 0.25) is 10.0 Å². The molecule has 1 atom stereocenters. The number of alkyl halides is 1. The molecule has 0 unspecified atom stereocenters. The minimum Gasteiger partial charge on any atom is -0.494 e. The van der Waals surface area contributed by atoms with Crippen LogP contribution in [0.2, 0.25) is 0 Å². The van der Waals surface area contributed by atoms with Crippen LogP contribution in [0.5, 0.6) is 5.75 Å². The normalized spacial score (nSPS) is 12.4. The zero-order chi connectivity index (χ0) is 20.4. The van der Waals surface area contributed by atoms with Crippen LogP contribution in [0, 0.1) is 0 Å². The van der Waals surface area contributed by atoms with Crippen molar-refractivity contribution in [3.8, 4) is 5.75 Å². The number of unbranched alkanes of at least 4 members (excludes halogenated alkanes) is 1. The van der Waals surface area contributed by atoms with Crippen molar-refractivity contribution in [2.45, 2.75) is 30.2 Å². The van der Waals surface area contributed by atoms with Gasteiger partial charge in [-0.1, -0.05) is 30.3 Å². The van der Waals surface area contributed by atoms with E-state index < -0.39 is 28.6 Å². The van der Waals surface area contributed by atoms with Crippen molar-refractivity contribution < 1.29 is 27.5 Å². The second-order valence-electron chi connectivity index (χ2n) is 6.06. The van der Waals surface area contributed by atoms with Crippen LogP contribution >= 0.6 is 0 Å². The molecule has 0 aromatic heterocycles. The molecule has 28 heavy (non-hydrogen) atoms. The standard InChI is InChI=1S/C19H23FN2O5S/c20-12-4-5-13-27-16-8-10-17(11-9-16)28(25,26)22-18(19(23)21-24)14-15-6-2-1-3-7-15/h1-3,6-11,18,22,24H,4-5,12-14H2,(H,21,23)/t18-/m1/s1. The molecule has 1 amide bonds. The molecule has 2 rings (SSSR count). The maximum atomic E-state index is 12.6. The summed E-state index contributed by atoms with van der Waals surface area (Å²) in [4.78, 5) is 11.9. The van der Waals surface area contributed by atoms with Crippen LogP contribution in [0.3, 0.4) is 0 Å². The first kappa shape index (κ1) is 21.8. The molecule has 0 heterocycles. The first-order chi connectivity index (χ1) is 13.5. The van der Waals surface area contributed by atoms with Gasteiger partial charge in [0.25, 0.3) is 5.91 Å². The van der Waals surface area contributed by atoms with E-state index in [0.717, 1.165) is 5.56 Å². The van der Waals surface area contributed by atoms with Crippen LogP contribution in [-0.4, -0.2) is 38.9 Å². The first-order valence-corrected chi connectivity index (χ1v) is 10.2. The Morgan fingerprint density at radius 1 is 1.07 bits per heavy atom. The van der Waals surface area contributed by atoms with Crippen molar-refractivity contribution in [3.05, 3.63) is 60.2 Å². The number of rotatable bonds is 11. The fourth-order valence-corrected chi connectivity index (χ4v) is 3.67. The van der Waals surface area contributed by atoms with Crippen LogP contribution in [0.25, 0.3) is 0 Å². The zero-order valence-corrected chi connectivity index (χ0v) is 16.0. The van der Waals surface area contributed by atoms with Crippen molar-refractivity contribution in [2.24, 2.45) is 0 Å². The molecule has 152 valence electrons. The molecule has 2 aromatic carbocycles. The Morgan fingerprint density at radius 2 is 1.75 bits per heavy atom. The summed E-state index contributed by atoms with van der Waals surface area (Å²) in [6, 6.07) is 13.3. The molecule has 0 fully saturated rings. The topological polar surface area (TPSA) is 105 Å². The number of amides is 1. The summed E-state index contributed by atoms with van der Waals surface area (Å²) in [7, 11) is -4.01. The lowest BCUT2D eigenvalue weighted by Gasteiger charge is -2.17. The van der Waals surface area contributed by atoms with Gasteiger partial charge >= 0.3 is 0 Å². The summed E-state index contributed by atoms with van der Waals surface area (Å²) in [6.07, 6.45) is 1.05. The van der Waals surface area contributed by atoms with Gasteiger partial charge in [-0.2, -0.15) is 4.72 Å². The lowest BCUT2D eigenvalue weighted by molar-refractivity contribution is -0.130. The van der Waals surface area contributed by atoms with Crippen LogP contribution in [0.1, 0.15) is 18.4 Å². The maximum Gasteiger partial charge on any atom is 0.261 e. The Balaban J connectivity index is 2.07. The average Bonchev–Trinajstić information content (AvgIpc) is 2.71. The van der Waals surface area contributed by atoms with Crippen LogP contribution < -0.4 is 14.9 Å². The number of nitrogens with one attached hydrogen (secondary N) is 2. The number of hydrogen-bond donors (Lipinski definition) is 3. The van der Waals surface area contributed by atoms with E-state index in [2.05, 4.69) is 4.72 Å². The molecule has 0 aliphatic heterocycles. The van der Waals surface area contributed by atoms with Gasteiger partial charge in [-0.3, -0.25) is 14.4 Å². The highest BCUT2D eigenvalue weighted by Gasteiger charge is 2.26. The summed E-state index contributed by atoms with van der Waals surface area (Å²) < 4.78 is 45.0. The molecule has 2 aromatic rings. The minimum absolute atomic E-state index is 0.0487. The van der Waals surface area contributed by atoms with Crippen molar-refractivity contribution >= 4 is 15.9 Å². The molecule has 3 N–H and O–H groups in total. The number of halogens is 1. The first-order valence-electron chi connectivity index (χ1n) is 8.75. The Labute approximate surface area is 163 Å². The highest BCUT2D eigenvalue weighted by Crippen LogP contribution is 2.17. The molecule has 0 saturated heterocycles. The lowest BCUT2D eigenvalue weighted by Crippen LogP contribution is -2.47. The second kappa shape index (κ2) is 10.7. The van der Waals surface area contributed by atoms with Crippen molar-refractivity contribution in [1.82, 2.24) is 10.2 Å². The molecular weight excluding hydrogens is 387 g/mol. The van der Waals surface area contributed by atoms with E-state index in [1.165, 1.54) is 29.7 Å². The Hall–Kier alpha value is -2.49. The third-order valence-electron chi connectivity index (χ3n) is 3.94. The van der Waals surface area contributed by atoms with E-state index >= 15 is 0 Å². The quantitative estimate of drug-likeness (QED) is 0.299. The summed E-state index contributed by atoms with van der Waals surface area (Å²) in [6.45, 7) is -0.0676. The van der Waals surface area contributed by atoms with E-state index in [4.69, 9.17) is 9.94 Å². The SMILES string of the molecule is O=C(NO)[C@@H](Cc1ccccc1)NS(=O)(=O)c1ccc(OCCCCF)cc1. The van der Waals surface area contributed by atoms with Crippen molar-refractivity contribution in [3.63, 3.8) is 0 Å². The monoisotopic (exact) mass is 410 g/mol. The molecule has 0 aliphatic rings. The zero-order valence-electron chi connectivity index (χ0n) is 15.2. The van der Waals surface area contributed by atoms with Crippen LogP contribution in [0.4, 0.5) is 4.39 Å². The summed E-state index contributed by atoms with van der Waals surface area (Å²) in [5.41, 5.74) is 2.22. The largest absolute Gasteiger partial charge is 0.494 e. The van der Waals surface area contributed by atoms with E-state index in [9.17, 15) is 17.6 Å². The van der Waals surface area contributed by atoms with Gasteiger partial charge in [-0.05, 0) is 49.1 Å². The minimum atomic E-state index is -4.01. The third kappa shape index (κ3) is 6.59. The molecule has 0 spiro atoms. The van der Waals surface area contributed by atoms with Gasteiger partial charge in [0, 0.05) is 0 Å². The number of benzene rings is 2. The highest BCUT2D eigenvalue weighted by molar-refractivity contribution is 7.89.